The highest BCUT2D eigenvalue weighted by molar-refractivity contribution is 6.09. The van der Waals surface area contributed by atoms with Crippen LogP contribution in [0.2, 0.25) is 0 Å². The first-order valence-electron chi connectivity index (χ1n) is 11.3. The van der Waals surface area contributed by atoms with Crippen LogP contribution in [-0.4, -0.2) is 61.6 Å². The van der Waals surface area contributed by atoms with Crippen molar-refractivity contribution in [3.05, 3.63) is 47.9 Å². The van der Waals surface area contributed by atoms with Gasteiger partial charge < -0.3 is 25.2 Å². The molecule has 2 aliphatic heterocycles. The first-order valence-corrected chi connectivity index (χ1v) is 11.3. The maximum Gasteiger partial charge on any atom is 0.261 e. The summed E-state index contributed by atoms with van der Waals surface area (Å²) in [5.41, 5.74) is 1.93. The predicted molar refractivity (Wildman–Crippen MR) is 124 cm³/mol. The van der Waals surface area contributed by atoms with Gasteiger partial charge in [-0.3, -0.25) is 4.79 Å². The monoisotopic (exact) mass is 451 g/mol. The lowest BCUT2D eigenvalue weighted by Gasteiger charge is -2.27. The molecular weight excluding hydrogens is 422 g/mol. The molecule has 0 radical (unpaired) electrons. The number of carbonyl (C=O) groups excluding carboxylic acids is 1. The molecule has 0 bridgehead atoms. The van der Waals surface area contributed by atoms with E-state index in [1.165, 1.54) is 6.20 Å². The fourth-order valence-electron chi connectivity index (χ4n) is 4.68. The Bertz CT molecular complexity index is 1210. The van der Waals surface area contributed by atoms with Crippen LogP contribution in [0.1, 0.15) is 49.0 Å². The van der Waals surface area contributed by atoms with Gasteiger partial charge in [0.25, 0.3) is 5.91 Å². The zero-order valence-corrected chi connectivity index (χ0v) is 18.9. The fraction of sp³-hybridized carbons (Fsp3) is 0.458. The van der Waals surface area contributed by atoms with Gasteiger partial charge in [0.15, 0.2) is 5.65 Å². The summed E-state index contributed by atoms with van der Waals surface area (Å²) in [7, 11) is 0. The summed E-state index contributed by atoms with van der Waals surface area (Å²) in [6, 6.07) is 5.64. The van der Waals surface area contributed by atoms with Gasteiger partial charge in [-0.25, -0.2) is 9.50 Å². The number of aliphatic hydroxyl groups is 2. The second kappa shape index (κ2) is 8.00. The van der Waals surface area contributed by atoms with Crippen molar-refractivity contribution < 1.29 is 19.7 Å². The third-order valence-corrected chi connectivity index (χ3v) is 6.61. The minimum absolute atomic E-state index is 0.0979. The van der Waals surface area contributed by atoms with Gasteiger partial charge in [0.1, 0.15) is 16.9 Å². The molecular formula is C24H29N5O4. The second-order valence-electron chi connectivity index (χ2n) is 9.60. The van der Waals surface area contributed by atoms with Gasteiger partial charge >= 0.3 is 0 Å². The van der Waals surface area contributed by atoms with Crippen LogP contribution in [0.15, 0.2) is 36.8 Å². The van der Waals surface area contributed by atoms with E-state index in [1.807, 2.05) is 26.0 Å². The Balaban J connectivity index is 1.51. The van der Waals surface area contributed by atoms with Crippen LogP contribution in [0.4, 0.5) is 11.4 Å². The van der Waals surface area contributed by atoms with Crippen molar-refractivity contribution in [3.63, 3.8) is 0 Å². The van der Waals surface area contributed by atoms with Crippen LogP contribution in [-0.2, 0) is 6.42 Å². The van der Waals surface area contributed by atoms with Gasteiger partial charge in [-0.2, -0.15) is 5.10 Å². The minimum atomic E-state index is -0.705. The number of amides is 1. The number of nitrogens with zero attached hydrogens (tertiary/aromatic N) is 4. The third kappa shape index (κ3) is 4.14. The van der Waals surface area contributed by atoms with Crippen LogP contribution >= 0.6 is 0 Å². The van der Waals surface area contributed by atoms with Gasteiger partial charge in [0, 0.05) is 43.5 Å². The molecule has 3 N–H and O–H groups in total. The van der Waals surface area contributed by atoms with Crippen molar-refractivity contribution in [2.24, 2.45) is 0 Å². The SMILES string of the molecule is CC1(O)CCCN(c2cc3c(cc2NC(=O)c2cnn4cccnc24)CC(C)(CO)O3)CC1. The summed E-state index contributed by atoms with van der Waals surface area (Å²) in [5.74, 6) is 0.420. The number of hydrogen-bond acceptors (Lipinski definition) is 7. The molecule has 3 aromatic rings. The van der Waals surface area contributed by atoms with E-state index in [0.29, 0.717) is 42.0 Å². The molecule has 0 saturated carbocycles. The van der Waals surface area contributed by atoms with Crippen LogP contribution in [0.25, 0.3) is 5.65 Å². The van der Waals surface area contributed by atoms with E-state index >= 15 is 0 Å². The van der Waals surface area contributed by atoms with E-state index in [9.17, 15) is 15.0 Å². The van der Waals surface area contributed by atoms with Gasteiger partial charge in [-0.15, -0.1) is 0 Å². The number of fused-ring (bicyclic) bond motifs is 2. The number of ether oxygens (including phenoxy) is 1. The number of anilines is 2. The molecule has 1 fully saturated rings. The number of aromatic nitrogens is 3. The topological polar surface area (TPSA) is 112 Å². The van der Waals surface area contributed by atoms with Crippen molar-refractivity contribution >= 4 is 22.9 Å². The van der Waals surface area contributed by atoms with Crippen molar-refractivity contribution in [1.29, 1.82) is 0 Å². The summed E-state index contributed by atoms with van der Waals surface area (Å²) in [6.07, 6.45) is 7.63. The summed E-state index contributed by atoms with van der Waals surface area (Å²) < 4.78 is 7.64. The number of aliphatic hydroxyl groups excluding tert-OH is 1. The van der Waals surface area contributed by atoms with Gasteiger partial charge in [-0.05, 0) is 45.2 Å². The molecule has 2 aliphatic rings. The molecule has 2 aromatic heterocycles. The molecule has 0 spiro atoms. The molecule has 2 unspecified atom stereocenters. The molecule has 0 aliphatic carbocycles. The summed E-state index contributed by atoms with van der Waals surface area (Å²) in [5, 5.41) is 27.6. The van der Waals surface area contributed by atoms with Crippen LogP contribution in [0, 0.1) is 0 Å². The Morgan fingerprint density at radius 1 is 1.27 bits per heavy atom. The Morgan fingerprint density at radius 3 is 2.94 bits per heavy atom. The lowest BCUT2D eigenvalue weighted by atomic mass is 9.98. The molecule has 4 heterocycles. The van der Waals surface area contributed by atoms with Crippen molar-refractivity contribution in [2.45, 2.75) is 50.7 Å². The Labute approximate surface area is 192 Å². The average Bonchev–Trinajstić information content (AvgIpc) is 3.30. The molecule has 1 saturated heterocycles. The van der Waals surface area contributed by atoms with E-state index in [0.717, 1.165) is 30.6 Å². The summed E-state index contributed by atoms with van der Waals surface area (Å²) in [4.78, 5) is 19.7. The molecule has 9 nitrogen and oxygen atoms in total. The zero-order valence-electron chi connectivity index (χ0n) is 18.9. The number of carbonyl (C=O) groups is 1. The smallest absolute Gasteiger partial charge is 0.261 e. The van der Waals surface area contributed by atoms with Crippen LogP contribution < -0.4 is 15.0 Å². The normalized spacial score (nSPS) is 24.9. The fourth-order valence-corrected chi connectivity index (χ4v) is 4.68. The third-order valence-electron chi connectivity index (χ3n) is 6.61. The zero-order chi connectivity index (χ0) is 23.2. The Kier molecular flexibility index (Phi) is 5.25. The highest BCUT2D eigenvalue weighted by Gasteiger charge is 2.36. The molecule has 5 rings (SSSR count). The highest BCUT2D eigenvalue weighted by Crippen LogP contribution is 2.42. The standard InChI is InChI=1S/C24H29N5O4/c1-23(32)5-3-8-28(10-6-23)19-12-20-16(13-24(2,15-30)33-20)11-18(19)27-22(31)17-14-26-29-9-4-7-25-21(17)29/h4,7,9,11-12,14,30,32H,3,5-6,8,10,13,15H2,1-2H3,(H,27,31). The average molecular weight is 452 g/mol. The van der Waals surface area contributed by atoms with Gasteiger partial charge in [0.05, 0.1) is 29.8 Å². The van der Waals surface area contributed by atoms with Crippen molar-refractivity contribution in [3.8, 4) is 5.75 Å². The van der Waals surface area contributed by atoms with Gasteiger partial charge in [-0.1, -0.05) is 0 Å². The van der Waals surface area contributed by atoms with Gasteiger partial charge in [0.2, 0.25) is 0 Å². The van der Waals surface area contributed by atoms with E-state index in [2.05, 4.69) is 20.3 Å². The van der Waals surface area contributed by atoms with E-state index < -0.39 is 11.2 Å². The first kappa shape index (κ1) is 21.7. The Morgan fingerprint density at radius 2 is 2.12 bits per heavy atom. The largest absolute Gasteiger partial charge is 0.484 e. The first-order chi connectivity index (χ1) is 15.8. The minimum Gasteiger partial charge on any atom is -0.484 e. The maximum absolute atomic E-state index is 13.2. The number of nitrogens with one attached hydrogen (secondary N) is 1. The Hall–Kier alpha value is -3.17. The predicted octanol–water partition coefficient (Wildman–Crippen LogP) is 2.41. The van der Waals surface area contributed by atoms with Crippen LogP contribution in [0.5, 0.6) is 5.75 Å². The van der Waals surface area contributed by atoms with Crippen molar-refractivity contribution in [2.75, 3.05) is 29.9 Å². The van der Waals surface area contributed by atoms with Crippen molar-refractivity contribution in [1.82, 2.24) is 14.6 Å². The molecule has 2 atom stereocenters. The summed E-state index contributed by atoms with van der Waals surface area (Å²) >= 11 is 0. The molecule has 9 heteroatoms. The lowest BCUT2D eigenvalue weighted by Crippen LogP contribution is -2.34. The number of benzene rings is 1. The molecule has 174 valence electrons. The summed E-state index contributed by atoms with van der Waals surface area (Å²) in [6.45, 7) is 5.06. The van der Waals surface area contributed by atoms with E-state index in [4.69, 9.17) is 4.74 Å². The molecule has 1 aromatic carbocycles. The van der Waals surface area contributed by atoms with E-state index in [1.54, 1.807) is 23.0 Å². The second-order valence-corrected chi connectivity index (χ2v) is 9.60. The van der Waals surface area contributed by atoms with E-state index in [-0.39, 0.29) is 12.5 Å². The molecule has 1 amide bonds. The number of rotatable bonds is 4. The number of hydrogen-bond donors (Lipinski definition) is 3. The van der Waals surface area contributed by atoms with Crippen LogP contribution in [0.3, 0.4) is 0 Å². The lowest BCUT2D eigenvalue weighted by molar-refractivity contribution is 0.0447. The molecule has 33 heavy (non-hydrogen) atoms. The quantitative estimate of drug-likeness (QED) is 0.558. The highest BCUT2D eigenvalue weighted by atomic mass is 16.5. The maximum atomic E-state index is 13.2.